The molecule has 0 aliphatic rings. The third-order valence-electron chi connectivity index (χ3n) is 5.53. The van der Waals surface area contributed by atoms with Crippen molar-refractivity contribution in [3.8, 4) is 0 Å². The van der Waals surface area contributed by atoms with Crippen LogP contribution in [0.2, 0.25) is 0 Å². The molecule has 0 unspecified atom stereocenters. The highest BCUT2D eigenvalue weighted by atomic mass is 32.2. The summed E-state index contributed by atoms with van der Waals surface area (Å²) in [7, 11) is 0. The van der Waals surface area contributed by atoms with Crippen LogP contribution in [0.15, 0.2) is 33.9 Å². The normalized spacial score (nSPS) is 10.9. The number of hydrogen-bond acceptors (Lipinski definition) is 7. The summed E-state index contributed by atoms with van der Waals surface area (Å²) in [6.07, 6.45) is 14.0. The lowest BCUT2D eigenvalue weighted by atomic mass is 10.1. The first-order valence-corrected chi connectivity index (χ1v) is 14.1. The van der Waals surface area contributed by atoms with Gasteiger partial charge in [-0.1, -0.05) is 106 Å². The zero-order valence-electron chi connectivity index (χ0n) is 21.4. The number of rotatable bonds is 20. The van der Waals surface area contributed by atoms with Crippen LogP contribution in [0.3, 0.4) is 0 Å². The molecule has 0 aliphatic carbocycles. The first kappa shape index (κ1) is 29.0. The lowest BCUT2D eigenvalue weighted by Gasteiger charge is -2.07. The van der Waals surface area contributed by atoms with Crippen molar-refractivity contribution >= 4 is 23.8 Å². The first-order chi connectivity index (χ1) is 17.2. The molecule has 0 saturated heterocycles. The van der Waals surface area contributed by atoms with Gasteiger partial charge in [-0.25, -0.2) is 15.6 Å². The Balaban J connectivity index is 1.39. The van der Waals surface area contributed by atoms with E-state index in [0.717, 1.165) is 25.2 Å². The zero-order valence-corrected chi connectivity index (χ0v) is 22.3. The second-order valence-electron chi connectivity index (χ2n) is 8.81. The van der Waals surface area contributed by atoms with Gasteiger partial charge in [0.05, 0.1) is 0 Å². The topological polar surface area (TPSA) is 101 Å². The second kappa shape index (κ2) is 19.0. The molecular weight excluding hydrogens is 462 g/mol. The predicted molar refractivity (Wildman–Crippen MR) is 142 cm³/mol. The summed E-state index contributed by atoms with van der Waals surface area (Å²) in [6, 6.07) is 8.07. The van der Waals surface area contributed by atoms with Gasteiger partial charge >= 0.3 is 12.0 Å². The van der Waals surface area contributed by atoms with E-state index in [2.05, 4.69) is 58.4 Å². The Labute approximate surface area is 214 Å². The fourth-order valence-corrected chi connectivity index (χ4v) is 4.31. The number of benzene rings is 1. The number of amides is 2. The summed E-state index contributed by atoms with van der Waals surface area (Å²) in [4.78, 5) is 16.1. The number of thioether (sulfide) groups is 1. The standard InChI is InChI=1S/C26H43N5O3S/c1-3-4-5-6-7-8-9-10-11-12-18-33-19-14-17-27-24(32)29-30-25-28-26(31-34-25)35-21-23-16-13-15-22(2)20-23/h13,15-16,20H,3-12,14,17-19,21H2,1-2H3,(H2,27,29,32)(H,28,30,31). The molecule has 0 radical (unpaired) electrons. The van der Waals surface area contributed by atoms with Crippen molar-refractivity contribution in [1.82, 2.24) is 20.9 Å². The largest absolute Gasteiger partial charge is 0.381 e. The van der Waals surface area contributed by atoms with Crippen molar-refractivity contribution < 1.29 is 14.1 Å². The molecule has 1 heterocycles. The van der Waals surface area contributed by atoms with Gasteiger partial charge in [0.1, 0.15) is 0 Å². The number of nitrogens with one attached hydrogen (secondary N) is 3. The number of aryl methyl sites for hydroxylation is 1. The SMILES string of the molecule is CCCCCCCCCCCCOCCCNC(=O)NNc1nc(SCc2cccc(C)c2)no1. The van der Waals surface area contributed by atoms with Crippen molar-refractivity contribution in [3.05, 3.63) is 35.4 Å². The van der Waals surface area contributed by atoms with Crippen LogP contribution in [-0.4, -0.2) is 35.9 Å². The van der Waals surface area contributed by atoms with Crippen LogP contribution in [0.4, 0.5) is 10.8 Å². The third-order valence-corrected chi connectivity index (χ3v) is 6.44. The molecule has 8 nitrogen and oxygen atoms in total. The van der Waals surface area contributed by atoms with Gasteiger partial charge < -0.3 is 14.6 Å². The number of carbonyl (C=O) groups is 1. The van der Waals surface area contributed by atoms with Gasteiger partial charge in [0.25, 0.3) is 0 Å². The maximum absolute atomic E-state index is 11.9. The number of unbranched alkanes of at least 4 members (excludes halogenated alkanes) is 9. The Kier molecular flexibility index (Phi) is 15.7. The average molecular weight is 506 g/mol. The minimum Gasteiger partial charge on any atom is -0.381 e. The molecule has 35 heavy (non-hydrogen) atoms. The van der Waals surface area contributed by atoms with Gasteiger partial charge in [0, 0.05) is 25.5 Å². The summed E-state index contributed by atoms with van der Waals surface area (Å²) >= 11 is 1.47. The van der Waals surface area contributed by atoms with E-state index < -0.39 is 0 Å². The van der Waals surface area contributed by atoms with Crippen molar-refractivity contribution in [2.45, 2.75) is 95.4 Å². The van der Waals surface area contributed by atoms with E-state index in [4.69, 9.17) is 9.26 Å². The van der Waals surface area contributed by atoms with Crippen molar-refractivity contribution in [1.29, 1.82) is 0 Å². The van der Waals surface area contributed by atoms with E-state index in [9.17, 15) is 4.79 Å². The third kappa shape index (κ3) is 14.7. The molecule has 0 fully saturated rings. The van der Waals surface area contributed by atoms with Crippen molar-refractivity contribution in [2.75, 3.05) is 25.2 Å². The van der Waals surface area contributed by atoms with Crippen LogP contribution in [0, 0.1) is 6.92 Å². The highest BCUT2D eigenvalue weighted by molar-refractivity contribution is 7.98. The summed E-state index contributed by atoms with van der Waals surface area (Å²) in [5, 5.41) is 7.18. The molecule has 0 bridgehead atoms. The monoisotopic (exact) mass is 505 g/mol. The predicted octanol–water partition coefficient (Wildman–Crippen LogP) is 6.62. The molecule has 1 aromatic carbocycles. The van der Waals surface area contributed by atoms with Crippen LogP contribution >= 0.6 is 11.8 Å². The molecule has 1 aromatic heterocycles. The quantitative estimate of drug-likeness (QED) is 0.105. The fourth-order valence-electron chi connectivity index (χ4n) is 3.59. The summed E-state index contributed by atoms with van der Waals surface area (Å²) in [6.45, 7) is 6.30. The van der Waals surface area contributed by atoms with E-state index in [1.165, 1.54) is 80.7 Å². The summed E-state index contributed by atoms with van der Waals surface area (Å²) < 4.78 is 10.8. The van der Waals surface area contributed by atoms with Crippen LogP contribution in [0.1, 0.15) is 88.7 Å². The molecule has 0 spiro atoms. The maximum Gasteiger partial charge on any atom is 0.340 e. The van der Waals surface area contributed by atoms with Gasteiger partial charge in [-0.2, -0.15) is 4.98 Å². The molecule has 2 amide bonds. The van der Waals surface area contributed by atoms with Crippen molar-refractivity contribution in [2.24, 2.45) is 0 Å². The number of carbonyl (C=O) groups excluding carboxylic acids is 1. The number of anilines is 1. The highest BCUT2D eigenvalue weighted by Crippen LogP contribution is 2.21. The van der Waals surface area contributed by atoms with E-state index in [1.54, 1.807) is 0 Å². The summed E-state index contributed by atoms with van der Waals surface area (Å²) in [5.41, 5.74) is 7.54. The zero-order chi connectivity index (χ0) is 25.0. The van der Waals surface area contributed by atoms with E-state index in [-0.39, 0.29) is 12.0 Å². The molecule has 196 valence electrons. The number of ether oxygens (including phenoxy) is 1. The van der Waals surface area contributed by atoms with E-state index in [1.807, 2.05) is 6.07 Å². The van der Waals surface area contributed by atoms with E-state index >= 15 is 0 Å². The lowest BCUT2D eigenvalue weighted by Crippen LogP contribution is -2.39. The number of aromatic nitrogens is 2. The Hall–Kier alpha value is -2.26. The van der Waals surface area contributed by atoms with Gasteiger partial charge in [-0.3, -0.25) is 0 Å². The van der Waals surface area contributed by atoms with Gasteiger partial charge in [0.2, 0.25) is 5.16 Å². The molecular formula is C26H43N5O3S. The number of nitrogens with zero attached hydrogens (tertiary/aromatic N) is 2. The fraction of sp³-hybridized carbons (Fsp3) is 0.654. The maximum atomic E-state index is 11.9. The van der Waals surface area contributed by atoms with Crippen LogP contribution in [0.5, 0.6) is 0 Å². The average Bonchev–Trinajstić information content (AvgIpc) is 3.32. The minimum atomic E-state index is -0.355. The van der Waals surface area contributed by atoms with Crippen LogP contribution < -0.4 is 16.2 Å². The Morgan fingerprint density at radius 1 is 1.00 bits per heavy atom. The van der Waals surface area contributed by atoms with Crippen LogP contribution in [0.25, 0.3) is 0 Å². The van der Waals surface area contributed by atoms with Gasteiger partial charge in [0.15, 0.2) is 0 Å². The lowest BCUT2D eigenvalue weighted by molar-refractivity contribution is 0.127. The number of urea groups is 1. The molecule has 2 rings (SSSR count). The molecule has 0 atom stereocenters. The van der Waals surface area contributed by atoms with Crippen LogP contribution in [-0.2, 0) is 10.5 Å². The molecule has 9 heteroatoms. The first-order valence-electron chi connectivity index (χ1n) is 13.1. The molecule has 3 N–H and O–H groups in total. The van der Waals surface area contributed by atoms with Gasteiger partial charge in [-0.05, 0) is 30.5 Å². The Bertz CT molecular complexity index is 818. The Morgan fingerprint density at radius 2 is 1.71 bits per heavy atom. The molecule has 2 aromatic rings. The van der Waals surface area contributed by atoms with E-state index in [0.29, 0.717) is 18.3 Å². The smallest absolute Gasteiger partial charge is 0.340 e. The molecule has 0 saturated carbocycles. The Morgan fingerprint density at radius 3 is 2.46 bits per heavy atom. The molecule has 0 aliphatic heterocycles. The number of hydrogen-bond donors (Lipinski definition) is 3. The number of hydrazine groups is 1. The minimum absolute atomic E-state index is 0.145. The highest BCUT2D eigenvalue weighted by Gasteiger charge is 2.08. The van der Waals surface area contributed by atoms with Crippen molar-refractivity contribution in [3.63, 3.8) is 0 Å². The summed E-state index contributed by atoms with van der Waals surface area (Å²) in [5.74, 6) is 0.746. The second-order valence-corrected chi connectivity index (χ2v) is 9.76. The van der Waals surface area contributed by atoms with Gasteiger partial charge in [-0.15, -0.1) is 0 Å².